The highest BCUT2D eigenvalue weighted by molar-refractivity contribution is 7.92. The Morgan fingerprint density at radius 2 is 1.80 bits per heavy atom. The average molecular weight is 389 g/mol. The van der Waals surface area contributed by atoms with E-state index in [1.54, 1.807) is 24.3 Å². The summed E-state index contributed by atoms with van der Waals surface area (Å²) in [6.07, 6.45) is 0.869. The fraction of sp³-hybridized carbons (Fsp3) is 0.188. The van der Waals surface area contributed by atoms with E-state index < -0.39 is 33.6 Å². The molecule has 2 aromatic carbocycles. The maximum Gasteiger partial charge on any atom is 0.248 e. The SMILES string of the molecule is C[C@H](C(=O)Nc1ccccc1Cl)N(c1ccc(F)c(F)c1)S(C)(=O)=O. The van der Waals surface area contributed by atoms with E-state index in [1.165, 1.54) is 6.92 Å². The fourth-order valence-corrected chi connectivity index (χ4v) is 3.58. The Labute approximate surface area is 149 Å². The van der Waals surface area contributed by atoms with Gasteiger partial charge in [-0.15, -0.1) is 0 Å². The summed E-state index contributed by atoms with van der Waals surface area (Å²) in [5.74, 6) is -3.02. The van der Waals surface area contributed by atoms with Gasteiger partial charge in [0.25, 0.3) is 0 Å². The lowest BCUT2D eigenvalue weighted by Crippen LogP contribution is -2.45. The summed E-state index contributed by atoms with van der Waals surface area (Å²) in [7, 11) is -3.94. The molecular weight excluding hydrogens is 374 g/mol. The summed E-state index contributed by atoms with van der Waals surface area (Å²) in [5, 5.41) is 2.79. The van der Waals surface area contributed by atoms with Crippen molar-refractivity contribution < 1.29 is 22.0 Å². The number of hydrogen-bond donors (Lipinski definition) is 1. The van der Waals surface area contributed by atoms with Gasteiger partial charge in [0.2, 0.25) is 15.9 Å². The van der Waals surface area contributed by atoms with Crippen LogP contribution in [0.15, 0.2) is 42.5 Å². The van der Waals surface area contributed by atoms with Crippen LogP contribution in [-0.4, -0.2) is 26.6 Å². The van der Waals surface area contributed by atoms with E-state index >= 15 is 0 Å². The number of carbonyl (C=O) groups is 1. The molecule has 0 saturated carbocycles. The van der Waals surface area contributed by atoms with Crippen LogP contribution in [-0.2, 0) is 14.8 Å². The number of nitrogens with zero attached hydrogens (tertiary/aromatic N) is 1. The summed E-state index contributed by atoms with van der Waals surface area (Å²) in [6.45, 7) is 1.33. The third kappa shape index (κ3) is 4.46. The summed E-state index contributed by atoms with van der Waals surface area (Å²) < 4.78 is 51.5. The Morgan fingerprint density at radius 1 is 1.16 bits per heavy atom. The number of sulfonamides is 1. The zero-order valence-corrected chi connectivity index (χ0v) is 14.9. The van der Waals surface area contributed by atoms with Crippen LogP contribution in [0.25, 0.3) is 0 Å². The van der Waals surface area contributed by atoms with E-state index in [0.29, 0.717) is 9.99 Å². The molecular formula is C16H15ClF2N2O3S. The highest BCUT2D eigenvalue weighted by atomic mass is 35.5. The predicted molar refractivity (Wildman–Crippen MR) is 93.2 cm³/mol. The first-order valence-corrected chi connectivity index (χ1v) is 9.33. The Kier molecular flexibility index (Phi) is 5.64. The number of nitrogens with one attached hydrogen (secondary N) is 1. The first kappa shape index (κ1) is 19.1. The molecule has 2 aromatic rings. The van der Waals surface area contributed by atoms with Crippen molar-refractivity contribution in [2.45, 2.75) is 13.0 Å². The number of para-hydroxylation sites is 1. The molecule has 0 fully saturated rings. The Bertz CT molecular complexity index is 906. The van der Waals surface area contributed by atoms with Gasteiger partial charge in [-0.1, -0.05) is 23.7 Å². The summed E-state index contributed by atoms with van der Waals surface area (Å²) >= 11 is 5.96. The highest BCUT2D eigenvalue weighted by Gasteiger charge is 2.30. The maximum atomic E-state index is 13.5. The smallest absolute Gasteiger partial charge is 0.248 e. The summed E-state index contributed by atoms with van der Waals surface area (Å²) in [6, 6.07) is 7.80. The Balaban J connectivity index is 2.36. The molecule has 134 valence electrons. The second-order valence-corrected chi connectivity index (χ2v) is 7.57. The minimum absolute atomic E-state index is 0.164. The van der Waals surface area contributed by atoms with Gasteiger partial charge in [-0.3, -0.25) is 9.10 Å². The van der Waals surface area contributed by atoms with Crippen LogP contribution in [0.2, 0.25) is 5.02 Å². The lowest BCUT2D eigenvalue weighted by atomic mass is 10.2. The molecule has 0 saturated heterocycles. The number of benzene rings is 2. The molecule has 0 aliphatic heterocycles. The van der Waals surface area contributed by atoms with Crippen molar-refractivity contribution in [2.75, 3.05) is 15.9 Å². The second-order valence-electron chi connectivity index (χ2n) is 5.30. The van der Waals surface area contributed by atoms with Crippen molar-refractivity contribution in [2.24, 2.45) is 0 Å². The maximum absolute atomic E-state index is 13.5. The van der Waals surface area contributed by atoms with Crippen LogP contribution >= 0.6 is 11.6 Å². The zero-order valence-electron chi connectivity index (χ0n) is 13.3. The van der Waals surface area contributed by atoms with Crippen molar-refractivity contribution in [3.8, 4) is 0 Å². The molecule has 1 amide bonds. The van der Waals surface area contributed by atoms with Gasteiger partial charge in [-0.25, -0.2) is 17.2 Å². The molecule has 1 N–H and O–H groups in total. The molecule has 0 unspecified atom stereocenters. The van der Waals surface area contributed by atoms with Crippen molar-refractivity contribution in [3.05, 3.63) is 59.1 Å². The molecule has 9 heteroatoms. The predicted octanol–water partition coefficient (Wildman–Crippen LogP) is 3.41. The van der Waals surface area contributed by atoms with Crippen LogP contribution < -0.4 is 9.62 Å². The minimum Gasteiger partial charge on any atom is -0.323 e. The van der Waals surface area contributed by atoms with Gasteiger partial charge >= 0.3 is 0 Å². The normalized spacial score (nSPS) is 12.5. The lowest BCUT2D eigenvalue weighted by Gasteiger charge is -2.28. The van der Waals surface area contributed by atoms with Gasteiger partial charge < -0.3 is 5.32 Å². The lowest BCUT2D eigenvalue weighted by molar-refractivity contribution is -0.116. The number of amides is 1. The topological polar surface area (TPSA) is 66.5 Å². The Hall–Kier alpha value is -2.19. The molecule has 5 nitrogen and oxygen atoms in total. The number of hydrogen-bond acceptors (Lipinski definition) is 3. The molecule has 0 aromatic heterocycles. The fourth-order valence-electron chi connectivity index (χ4n) is 2.23. The minimum atomic E-state index is -3.94. The quantitative estimate of drug-likeness (QED) is 0.853. The van der Waals surface area contributed by atoms with Crippen molar-refractivity contribution in [1.82, 2.24) is 0 Å². The van der Waals surface area contributed by atoms with Gasteiger partial charge in [0.15, 0.2) is 11.6 Å². The summed E-state index contributed by atoms with van der Waals surface area (Å²) in [5.41, 5.74) is 0.142. The monoisotopic (exact) mass is 388 g/mol. The zero-order chi connectivity index (χ0) is 18.8. The van der Waals surface area contributed by atoms with E-state index in [-0.39, 0.29) is 10.7 Å². The van der Waals surface area contributed by atoms with Crippen LogP contribution in [0.4, 0.5) is 20.2 Å². The third-order valence-electron chi connectivity index (χ3n) is 3.38. The molecule has 2 rings (SSSR count). The number of carbonyl (C=O) groups excluding carboxylic acids is 1. The first-order chi connectivity index (χ1) is 11.6. The van der Waals surface area contributed by atoms with Gasteiger partial charge in [0, 0.05) is 6.07 Å². The van der Waals surface area contributed by atoms with Gasteiger partial charge in [0.05, 0.1) is 22.7 Å². The number of anilines is 2. The van der Waals surface area contributed by atoms with E-state index in [4.69, 9.17) is 11.6 Å². The largest absolute Gasteiger partial charge is 0.323 e. The molecule has 0 aliphatic carbocycles. The molecule has 1 atom stereocenters. The van der Waals surface area contributed by atoms with Crippen LogP contribution in [0.1, 0.15) is 6.92 Å². The van der Waals surface area contributed by atoms with Crippen LogP contribution in [0, 0.1) is 11.6 Å². The molecule has 0 bridgehead atoms. The van der Waals surface area contributed by atoms with Gasteiger partial charge in [-0.2, -0.15) is 0 Å². The number of rotatable bonds is 5. The van der Waals surface area contributed by atoms with Crippen molar-refractivity contribution >= 4 is 38.9 Å². The van der Waals surface area contributed by atoms with Gasteiger partial charge in [0.1, 0.15) is 6.04 Å². The van der Waals surface area contributed by atoms with Crippen LogP contribution in [0.3, 0.4) is 0 Å². The number of halogens is 3. The Morgan fingerprint density at radius 3 is 2.36 bits per heavy atom. The van der Waals surface area contributed by atoms with Crippen LogP contribution in [0.5, 0.6) is 0 Å². The molecule has 0 radical (unpaired) electrons. The van der Waals surface area contributed by atoms with E-state index in [9.17, 15) is 22.0 Å². The van der Waals surface area contributed by atoms with E-state index in [0.717, 1.165) is 24.5 Å². The van der Waals surface area contributed by atoms with Gasteiger partial charge in [-0.05, 0) is 31.2 Å². The second kappa shape index (κ2) is 7.37. The average Bonchev–Trinajstić information content (AvgIpc) is 2.51. The van der Waals surface area contributed by atoms with Crippen molar-refractivity contribution in [1.29, 1.82) is 0 Å². The van der Waals surface area contributed by atoms with Crippen molar-refractivity contribution in [3.63, 3.8) is 0 Å². The summed E-state index contributed by atoms with van der Waals surface area (Å²) in [4.78, 5) is 12.4. The molecule has 0 spiro atoms. The van der Waals surface area contributed by atoms with E-state index in [2.05, 4.69) is 5.32 Å². The molecule has 0 heterocycles. The first-order valence-electron chi connectivity index (χ1n) is 7.11. The molecule has 0 aliphatic rings. The third-order valence-corrected chi connectivity index (χ3v) is 4.95. The standard InChI is InChI=1S/C16H15ClF2N2O3S/c1-10(16(22)20-15-6-4-3-5-12(15)17)21(25(2,23)24)11-7-8-13(18)14(19)9-11/h3-10H,1-2H3,(H,20,22)/t10-/m1/s1. The molecule has 25 heavy (non-hydrogen) atoms. The highest BCUT2D eigenvalue weighted by Crippen LogP contribution is 2.25. The van der Waals surface area contributed by atoms with E-state index in [1.807, 2.05) is 0 Å².